The summed E-state index contributed by atoms with van der Waals surface area (Å²) in [5.74, 6) is -0.281. The Labute approximate surface area is 162 Å². The van der Waals surface area contributed by atoms with E-state index in [1.807, 2.05) is 0 Å². The third-order valence-corrected chi connectivity index (χ3v) is 6.64. The number of sulfone groups is 1. The second-order valence-corrected chi connectivity index (χ2v) is 8.41. The van der Waals surface area contributed by atoms with Crippen LogP contribution in [0.15, 0.2) is 47.4 Å². The van der Waals surface area contributed by atoms with E-state index >= 15 is 0 Å². The Morgan fingerprint density at radius 2 is 1.79 bits per heavy atom. The number of allylic oxidation sites excluding steroid dienone is 1. The SMILES string of the molecule is COc1ccc(S(=O)(=O)C2C=C(CCC(=O)O)c3cc(O)ccc32)cc1OC. The van der Waals surface area contributed by atoms with E-state index in [2.05, 4.69) is 0 Å². The van der Waals surface area contributed by atoms with Gasteiger partial charge in [0.2, 0.25) is 0 Å². The van der Waals surface area contributed by atoms with Gasteiger partial charge in [-0.1, -0.05) is 12.1 Å². The Morgan fingerprint density at radius 3 is 2.43 bits per heavy atom. The first-order valence-electron chi connectivity index (χ1n) is 8.49. The third kappa shape index (κ3) is 3.55. The van der Waals surface area contributed by atoms with Crippen molar-refractivity contribution in [3.05, 3.63) is 53.6 Å². The molecule has 0 saturated heterocycles. The lowest BCUT2D eigenvalue weighted by Crippen LogP contribution is -2.11. The van der Waals surface area contributed by atoms with Gasteiger partial charge in [0.15, 0.2) is 21.3 Å². The molecule has 28 heavy (non-hydrogen) atoms. The van der Waals surface area contributed by atoms with E-state index in [-0.39, 0.29) is 23.5 Å². The Hall–Kier alpha value is -3.00. The van der Waals surface area contributed by atoms with E-state index in [0.717, 1.165) is 0 Å². The molecule has 0 heterocycles. The van der Waals surface area contributed by atoms with Gasteiger partial charge in [-0.2, -0.15) is 0 Å². The molecule has 0 aromatic heterocycles. The maximum atomic E-state index is 13.3. The second kappa shape index (κ2) is 7.55. The number of aliphatic carboxylic acids is 1. The molecule has 7 nitrogen and oxygen atoms in total. The molecular weight excluding hydrogens is 384 g/mol. The van der Waals surface area contributed by atoms with Crippen LogP contribution in [-0.4, -0.2) is 38.8 Å². The molecule has 2 N–H and O–H groups in total. The minimum atomic E-state index is -3.84. The number of ether oxygens (including phenoxy) is 2. The van der Waals surface area contributed by atoms with E-state index in [1.165, 1.54) is 44.6 Å². The van der Waals surface area contributed by atoms with Crippen LogP contribution in [0.5, 0.6) is 17.2 Å². The quantitative estimate of drug-likeness (QED) is 0.729. The normalized spacial score (nSPS) is 15.6. The first kappa shape index (κ1) is 19.8. The predicted molar refractivity (Wildman–Crippen MR) is 102 cm³/mol. The van der Waals surface area contributed by atoms with E-state index in [1.54, 1.807) is 12.1 Å². The average Bonchev–Trinajstić information content (AvgIpc) is 3.04. The standard InChI is InChI=1S/C20H20O7S/c1-26-17-7-5-14(11-18(17)27-2)28(24,25)19-9-12(3-8-20(22)23)16-10-13(21)4-6-15(16)19/h4-7,9-11,19,21H,3,8H2,1-2H3,(H,22,23). The highest BCUT2D eigenvalue weighted by Gasteiger charge is 2.35. The molecule has 8 heteroatoms. The molecule has 0 radical (unpaired) electrons. The molecule has 1 atom stereocenters. The number of carbonyl (C=O) groups is 1. The summed E-state index contributed by atoms with van der Waals surface area (Å²) < 4.78 is 37.0. The number of phenolic OH excluding ortho intramolecular Hbond substituents is 1. The Kier molecular flexibility index (Phi) is 5.33. The van der Waals surface area contributed by atoms with Crippen molar-refractivity contribution in [2.75, 3.05) is 14.2 Å². The number of methoxy groups -OCH3 is 2. The van der Waals surface area contributed by atoms with Crippen molar-refractivity contribution in [1.29, 1.82) is 0 Å². The van der Waals surface area contributed by atoms with Gasteiger partial charge >= 0.3 is 5.97 Å². The summed E-state index contributed by atoms with van der Waals surface area (Å²) >= 11 is 0. The maximum absolute atomic E-state index is 13.3. The van der Waals surface area contributed by atoms with Crippen molar-refractivity contribution in [2.24, 2.45) is 0 Å². The van der Waals surface area contributed by atoms with Crippen LogP contribution in [0.4, 0.5) is 0 Å². The number of phenols is 1. The topological polar surface area (TPSA) is 110 Å². The number of aromatic hydroxyl groups is 1. The molecule has 3 rings (SSSR count). The summed E-state index contributed by atoms with van der Waals surface area (Å²) in [4.78, 5) is 11.0. The Bertz CT molecular complexity index is 1050. The number of rotatable bonds is 7. The van der Waals surface area contributed by atoms with Crippen LogP contribution in [0.2, 0.25) is 0 Å². The highest BCUT2D eigenvalue weighted by Crippen LogP contribution is 2.45. The van der Waals surface area contributed by atoms with Gasteiger partial charge in [-0.15, -0.1) is 0 Å². The van der Waals surface area contributed by atoms with Gasteiger partial charge < -0.3 is 19.7 Å². The predicted octanol–water partition coefficient (Wildman–Crippen LogP) is 3.19. The summed E-state index contributed by atoms with van der Waals surface area (Å²) in [6.45, 7) is 0. The molecule has 0 spiro atoms. The van der Waals surface area contributed by atoms with Crippen molar-refractivity contribution >= 4 is 21.4 Å². The zero-order valence-corrected chi connectivity index (χ0v) is 16.2. The van der Waals surface area contributed by atoms with Crippen LogP contribution < -0.4 is 9.47 Å². The number of carboxylic acid groups (broad SMARTS) is 1. The van der Waals surface area contributed by atoms with Crippen molar-refractivity contribution in [2.45, 2.75) is 23.0 Å². The number of hydrogen-bond acceptors (Lipinski definition) is 6. The van der Waals surface area contributed by atoms with Crippen molar-refractivity contribution in [3.8, 4) is 17.2 Å². The number of carboxylic acids is 1. The van der Waals surface area contributed by atoms with Crippen LogP contribution in [0.3, 0.4) is 0 Å². The molecular formula is C20H20O7S. The summed E-state index contributed by atoms with van der Waals surface area (Å²) in [7, 11) is -0.951. The minimum absolute atomic E-state index is 0.0101. The van der Waals surface area contributed by atoms with E-state index < -0.39 is 21.1 Å². The molecule has 0 aliphatic heterocycles. The highest BCUT2D eigenvalue weighted by molar-refractivity contribution is 7.91. The third-order valence-electron chi connectivity index (χ3n) is 4.67. The van der Waals surface area contributed by atoms with Crippen molar-refractivity contribution < 1.29 is 32.9 Å². The van der Waals surface area contributed by atoms with Gasteiger partial charge in [0.25, 0.3) is 0 Å². The molecule has 1 aliphatic rings. The van der Waals surface area contributed by atoms with Crippen LogP contribution >= 0.6 is 0 Å². The van der Waals surface area contributed by atoms with Gasteiger partial charge in [-0.05, 0) is 47.4 Å². The lowest BCUT2D eigenvalue weighted by molar-refractivity contribution is -0.136. The molecule has 0 saturated carbocycles. The van der Waals surface area contributed by atoms with Crippen LogP contribution in [0, 0.1) is 0 Å². The molecule has 0 fully saturated rings. The van der Waals surface area contributed by atoms with Crippen LogP contribution in [0.25, 0.3) is 5.57 Å². The largest absolute Gasteiger partial charge is 0.508 e. The van der Waals surface area contributed by atoms with Crippen molar-refractivity contribution in [3.63, 3.8) is 0 Å². The molecule has 0 bridgehead atoms. The van der Waals surface area contributed by atoms with E-state index in [4.69, 9.17) is 14.6 Å². The highest BCUT2D eigenvalue weighted by atomic mass is 32.2. The van der Waals surface area contributed by atoms with Crippen molar-refractivity contribution in [1.82, 2.24) is 0 Å². The van der Waals surface area contributed by atoms with Crippen LogP contribution in [-0.2, 0) is 14.6 Å². The molecule has 2 aromatic rings. The first-order valence-corrected chi connectivity index (χ1v) is 10.0. The van der Waals surface area contributed by atoms with Gasteiger partial charge in [0.1, 0.15) is 11.0 Å². The molecule has 1 aliphatic carbocycles. The summed E-state index contributed by atoms with van der Waals surface area (Å²) in [5, 5.41) is 17.8. The van der Waals surface area contributed by atoms with Gasteiger partial charge in [-0.3, -0.25) is 4.79 Å². The lowest BCUT2D eigenvalue weighted by atomic mass is 10.0. The number of hydrogen-bond donors (Lipinski definition) is 2. The summed E-state index contributed by atoms with van der Waals surface area (Å²) in [5.41, 5.74) is 1.64. The smallest absolute Gasteiger partial charge is 0.303 e. The van der Waals surface area contributed by atoms with E-state index in [9.17, 15) is 18.3 Å². The van der Waals surface area contributed by atoms with Gasteiger partial charge in [0, 0.05) is 12.5 Å². The Balaban J connectivity index is 2.08. The first-order chi connectivity index (χ1) is 13.3. The lowest BCUT2D eigenvalue weighted by Gasteiger charge is -2.15. The minimum Gasteiger partial charge on any atom is -0.508 e. The average molecular weight is 404 g/mol. The molecule has 0 amide bonds. The Morgan fingerprint density at radius 1 is 1.07 bits per heavy atom. The summed E-state index contributed by atoms with van der Waals surface area (Å²) in [6, 6.07) is 8.81. The number of fused-ring (bicyclic) bond motifs is 1. The van der Waals surface area contributed by atoms with Gasteiger partial charge in [-0.25, -0.2) is 8.42 Å². The zero-order chi connectivity index (χ0) is 20.5. The monoisotopic (exact) mass is 404 g/mol. The van der Waals surface area contributed by atoms with Crippen LogP contribution in [0.1, 0.15) is 29.2 Å². The fourth-order valence-electron chi connectivity index (χ4n) is 3.29. The summed E-state index contributed by atoms with van der Waals surface area (Å²) in [6.07, 6.45) is 1.59. The fraction of sp³-hybridized carbons (Fsp3) is 0.250. The number of benzene rings is 2. The van der Waals surface area contributed by atoms with Gasteiger partial charge in [0.05, 0.1) is 19.1 Å². The fourth-order valence-corrected chi connectivity index (χ4v) is 4.99. The second-order valence-electron chi connectivity index (χ2n) is 6.34. The molecule has 2 aromatic carbocycles. The molecule has 1 unspecified atom stereocenters. The van der Waals surface area contributed by atoms with E-state index in [0.29, 0.717) is 28.2 Å². The maximum Gasteiger partial charge on any atom is 0.303 e. The molecule has 148 valence electrons. The zero-order valence-electron chi connectivity index (χ0n) is 15.4.